The number of carboxylic acid groups (broad SMARTS) is 1. The van der Waals surface area contributed by atoms with E-state index in [1.165, 1.54) is 12.1 Å². The van der Waals surface area contributed by atoms with Gasteiger partial charge in [-0.15, -0.1) is 11.8 Å². The fourth-order valence-corrected chi connectivity index (χ4v) is 2.08. The lowest BCUT2D eigenvalue weighted by molar-refractivity contribution is -0.141. The van der Waals surface area contributed by atoms with E-state index in [1.54, 1.807) is 0 Å². The monoisotopic (exact) mass is 291 g/mol. The van der Waals surface area contributed by atoms with E-state index in [9.17, 15) is 18.0 Å². The van der Waals surface area contributed by atoms with Crippen molar-refractivity contribution in [1.82, 2.24) is 4.98 Å². The third-order valence-corrected chi connectivity index (χ3v) is 2.95. The molecule has 0 aliphatic rings. The fraction of sp³-hybridized carbons (Fsp3) is 0.333. The second-order valence-electron chi connectivity index (χ2n) is 3.93. The summed E-state index contributed by atoms with van der Waals surface area (Å²) >= 11 is 1.15. The SMILES string of the molecule is CC(C)Sc1nc(C(F)(F)F)ccc1C=CC(=O)O. The van der Waals surface area contributed by atoms with Gasteiger partial charge >= 0.3 is 12.1 Å². The number of halogens is 3. The lowest BCUT2D eigenvalue weighted by Crippen LogP contribution is -2.09. The predicted molar refractivity (Wildman–Crippen MR) is 66.9 cm³/mol. The van der Waals surface area contributed by atoms with Gasteiger partial charge in [-0.25, -0.2) is 9.78 Å². The molecule has 1 heterocycles. The van der Waals surface area contributed by atoms with Crippen LogP contribution in [-0.2, 0) is 11.0 Å². The van der Waals surface area contributed by atoms with Gasteiger partial charge in [-0.1, -0.05) is 19.9 Å². The normalized spacial score (nSPS) is 12.3. The maximum Gasteiger partial charge on any atom is 0.433 e. The van der Waals surface area contributed by atoms with E-state index in [1.807, 2.05) is 13.8 Å². The van der Waals surface area contributed by atoms with Gasteiger partial charge in [0.2, 0.25) is 0 Å². The minimum absolute atomic E-state index is 0.0351. The zero-order valence-corrected chi connectivity index (χ0v) is 11.0. The summed E-state index contributed by atoms with van der Waals surface area (Å²) in [6, 6.07) is 2.06. The number of aliphatic carboxylic acids is 1. The van der Waals surface area contributed by atoms with Crippen LogP contribution in [0.3, 0.4) is 0 Å². The molecule has 0 unspecified atom stereocenters. The molecule has 0 spiro atoms. The molecule has 1 N–H and O–H groups in total. The fourth-order valence-electron chi connectivity index (χ4n) is 1.21. The number of rotatable bonds is 4. The average molecular weight is 291 g/mol. The van der Waals surface area contributed by atoms with Crippen LogP contribution < -0.4 is 0 Å². The summed E-state index contributed by atoms with van der Waals surface area (Å²) in [4.78, 5) is 14.0. The number of thioether (sulfide) groups is 1. The molecule has 1 aromatic rings. The van der Waals surface area contributed by atoms with E-state index in [2.05, 4.69) is 4.98 Å². The van der Waals surface area contributed by atoms with Crippen LogP contribution in [0.1, 0.15) is 25.1 Å². The first-order valence-corrected chi connectivity index (χ1v) is 6.24. The van der Waals surface area contributed by atoms with Crippen molar-refractivity contribution < 1.29 is 23.1 Å². The first-order chi connectivity index (χ1) is 8.70. The summed E-state index contributed by atoms with van der Waals surface area (Å²) in [6.45, 7) is 3.63. The average Bonchev–Trinajstić information content (AvgIpc) is 2.25. The van der Waals surface area contributed by atoms with E-state index in [0.717, 1.165) is 23.9 Å². The zero-order chi connectivity index (χ0) is 14.6. The Labute approximate surface area is 112 Å². The van der Waals surface area contributed by atoms with Crippen molar-refractivity contribution in [2.24, 2.45) is 0 Å². The molecule has 104 valence electrons. The standard InChI is InChI=1S/C12H12F3NO2S/c1-7(2)19-11-8(4-6-10(17)18)3-5-9(16-11)12(13,14)15/h3-7H,1-2H3,(H,17,18). The molecule has 0 aliphatic carbocycles. The number of aromatic nitrogens is 1. The molecule has 0 saturated heterocycles. The Bertz CT molecular complexity index is 498. The van der Waals surface area contributed by atoms with Crippen LogP contribution in [0.25, 0.3) is 6.08 Å². The maximum absolute atomic E-state index is 12.6. The van der Waals surface area contributed by atoms with Crippen LogP contribution in [0, 0.1) is 0 Å². The quantitative estimate of drug-likeness (QED) is 0.679. The highest BCUT2D eigenvalue weighted by atomic mass is 32.2. The summed E-state index contributed by atoms with van der Waals surface area (Å²) in [5.74, 6) is -1.17. The van der Waals surface area contributed by atoms with Gasteiger partial charge in [0.25, 0.3) is 0 Å². The molecule has 0 bridgehead atoms. The van der Waals surface area contributed by atoms with E-state index in [4.69, 9.17) is 5.11 Å². The lowest BCUT2D eigenvalue weighted by atomic mass is 10.2. The van der Waals surface area contributed by atoms with Crippen molar-refractivity contribution >= 4 is 23.8 Å². The van der Waals surface area contributed by atoms with E-state index in [0.29, 0.717) is 5.56 Å². The van der Waals surface area contributed by atoms with Crippen molar-refractivity contribution in [3.63, 3.8) is 0 Å². The van der Waals surface area contributed by atoms with Gasteiger partial charge < -0.3 is 5.11 Å². The van der Waals surface area contributed by atoms with Gasteiger partial charge in [0, 0.05) is 16.9 Å². The molecule has 3 nitrogen and oxygen atoms in total. The third kappa shape index (κ3) is 4.94. The number of carbonyl (C=O) groups is 1. The van der Waals surface area contributed by atoms with Gasteiger partial charge in [-0.05, 0) is 12.1 Å². The van der Waals surface area contributed by atoms with Crippen LogP contribution in [0.5, 0.6) is 0 Å². The molecule has 0 fully saturated rings. The first kappa shape index (κ1) is 15.6. The largest absolute Gasteiger partial charge is 0.478 e. The Morgan fingerprint density at radius 1 is 1.42 bits per heavy atom. The molecular formula is C12H12F3NO2S. The molecule has 0 saturated carbocycles. The molecule has 19 heavy (non-hydrogen) atoms. The molecule has 1 aromatic heterocycles. The highest BCUT2D eigenvalue weighted by molar-refractivity contribution is 7.99. The minimum atomic E-state index is -4.51. The van der Waals surface area contributed by atoms with Gasteiger partial charge in [0.15, 0.2) is 0 Å². The predicted octanol–water partition coefficient (Wildman–Crippen LogP) is 3.70. The van der Waals surface area contributed by atoms with Gasteiger partial charge in [-0.3, -0.25) is 0 Å². The Morgan fingerprint density at radius 2 is 2.05 bits per heavy atom. The summed E-state index contributed by atoms with van der Waals surface area (Å²) in [5, 5.41) is 8.74. The summed E-state index contributed by atoms with van der Waals surface area (Å²) < 4.78 is 37.7. The second-order valence-corrected chi connectivity index (χ2v) is 5.49. The summed E-state index contributed by atoms with van der Waals surface area (Å²) in [6.07, 6.45) is -2.41. The van der Waals surface area contributed by atoms with Gasteiger partial charge in [0.1, 0.15) is 10.7 Å². The number of carboxylic acids is 1. The van der Waals surface area contributed by atoms with Crippen molar-refractivity contribution in [3.8, 4) is 0 Å². The van der Waals surface area contributed by atoms with E-state index < -0.39 is 17.8 Å². The van der Waals surface area contributed by atoms with E-state index >= 15 is 0 Å². The Kier molecular flexibility index (Phi) is 4.99. The number of alkyl halides is 3. The highest BCUT2D eigenvalue weighted by Gasteiger charge is 2.33. The number of pyridine rings is 1. The van der Waals surface area contributed by atoms with Gasteiger partial charge in [-0.2, -0.15) is 13.2 Å². The van der Waals surface area contributed by atoms with E-state index in [-0.39, 0.29) is 10.3 Å². The molecule has 0 aliphatic heterocycles. The zero-order valence-electron chi connectivity index (χ0n) is 10.2. The third-order valence-electron chi connectivity index (χ3n) is 1.93. The van der Waals surface area contributed by atoms with Crippen molar-refractivity contribution in [3.05, 3.63) is 29.5 Å². The number of hydrogen-bond acceptors (Lipinski definition) is 3. The highest BCUT2D eigenvalue weighted by Crippen LogP contribution is 2.32. The second kappa shape index (κ2) is 6.10. The van der Waals surface area contributed by atoms with Crippen LogP contribution >= 0.6 is 11.8 Å². The van der Waals surface area contributed by atoms with Crippen LogP contribution in [0.4, 0.5) is 13.2 Å². The summed E-state index contributed by atoms with van der Waals surface area (Å²) in [5.41, 5.74) is -0.628. The topological polar surface area (TPSA) is 50.2 Å². The summed E-state index contributed by atoms with van der Waals surface area (Å²) in [7, 11) is 0. The van der Waals surface area contributed by atoms with Crippen LogP contribution in [0.15, 0.2) is 23.2 Å². The first-order valence-electron chi connectivity index (χ1n) is 5.36. The Hall–Kier alpha value is -1.50. The smallest absolute Gasteiger partial charge is 0.433 e. The maximum atomic E-state index is 12.6. The molecule has 1 rings (SSSR count). The molecular weight excluding hydrogens is 279 g/mol. The van der Waals surface area contributed by atoms with Crippen LogP contribution in [-0.4, -0.2) is 21.3 Å². The number of hydrogen-bond donors (Lipinski definition) is 1. The van der Waals surface area contributed by atoms with Crippen molar-refractivity contribution in [1.29, 1.82) is 0 Å². The molecule has 7 heteroatoms. The number of nitrogens with zero attached hydrogens (tertiary/aromatic N) is 1. The minimum Gasteiger partial charge on any atom is -0.478 e. The van der Waals surface area contributed by atoms with Gasteiger partial charge in [0.05, 0.1) is 0 Å². The Balaban J connectivity index is 3.20. The Morgan fingerprint density at radius 3 is 2.53 bits per heavy atom. The lowest BCUT2D eigenvalue weighted by Gasteiger charge is -2.11. The van der Waals surface area contributed by atoms with Crippen LogP contribution in [0.2, 0.25) is 0 Å². The molecule has 0 radical (unpaired) electrons. The molecule has 0 amide bonds. The molecule has 0 aromatic carbocycles. The van der Waals surface area contributed by atoms with Crippen molar-refractivity contribution in [2.75, 3.05) is 0 Å². The molecule has 0 atom stereocenters. The van der Waals surface area contributed by atoms with Crippen molar-refractivity contribution in [2.45, 2.75) is 30.3 Å².